The molecule has 0 aliphatic rings. The predicted molar refractivity (Wildman–Crippen MR) is 66.7 cm³/mol. The molecular formula is C12H18N4. The first kappa shape index (κ1) is 11.0. The van der Waals surface area contributed by atoms with Gasteiger partial charge < -0.3 is 10.6 Å². The number of anilines is 1. The summed E-state index contributed by atoms with van der Waals surface area (Å²) in [5.41, 5.74) is 6.68. The quantitative estimate of drug-likeness (QED) is 0.849. The first-order chi connectivity index (χ1) is 7.56. The Morgan fingerprint density at radius 2 is 2.19 bits per heavy atom. The Hall–Kier alpha value is -1.55. The molecule has 0 aliphatic heterocycles. The maximum absolute atomic E-state index is 5.80. The lowest BCUT2D eigenvalue weighted by atomic mass is 10.0. The Kier molecular flexibility index (Phi) is 2.59. The van der Waals surface area contributed by atoms with Gasteiger partial charge in [-0.2, -0.15) is 0 Å². The standard InChI is InChI=1S/C12H18N4/c1-12(2,9-13)15(3)11-6-4-5-10-14-7-8-16(10)11/h4-8H,9,13H2,1-3H3. The number of hydrogen-bond acceptors (Lipinski definition) is 3. The van der Waals surface area contributed by atoms with E-state index in [4.69, 9.17) is 5.73 Å². The summed E-state index contributed by atoms with van der Waals surface area (Å²) in [4.78, 5) is 6.46. The average molecular weight is 218 g/mol. The van der Waals surface area contributed by atoms with E-state index >= 15 is 0 Å². The van der Waals surface area contributed by atoms with Gasteiger partial charge in [-0.25, -0.2) is 4.98 Å². The highest BCUT2D eigenvalue weighted by Gasteiger charge is 2.23. The second-order valence-corrected chi connectivity index (χ2v) is 4.62. The van der Waals surface area contributed by atoms with Gasteiger partial charge >= 0.3 is 0 Å². The molecule has 0 bridgehead atoms. The van der Waals surface area contributed by atoms with Crippen molar-refractivity contribution in [2.45, 2.75) is 19.4 Å². The van der Waals surface area contributed by atoms with Crippen molar-refractivity contribution >= 4 is 11.5 Å². The van der Waals surface area contributed by atoms with Crippen LogP contribution in [-0.2, 0) is 0 Å². The smallest absolute Gasteiger partial charge is 0.138 e. The second kappa shape index (κ2) is 3.79. The highest BCUT2D eigenvalue weighted by atomic mass is 15.3. The minimum atomic E-state index is -0.0709. The molecule has 86 valence electrons. The number of fused-ring (bicyclic) bond motifs is 1. The fraction of sp³-hybridized carbons (Fsp3) is 0.417. The molecule has 0 saturated carbocycles. The number of rotatable bonds is 3. The van der Waals surface area contributed by atoms with Gasteiger partial charge in [0.25, 0.3) is 0 Å². The van der Waals surface area contributed by atoms with E-state index in [9.17, 15) is 0 Å². The molecule has 0 saturated heterocycles. The molecule has 2 rings (SSSR count). The van der Waals surface area contributed by atoms with Crippen LogP contribution in [0.3, 0.4) is 0 Å². The molecule has 0 fully saturated rings. The fourth-order valence-electron chi connectivity index (χ4n) is 1.65. The third-order valence-electron chi connectivity index (χ3n) is 3.16. The molecule has 0 radical (unpaired) electrons. The summed E-state index contributed by atoms with van der Waals surface area (Å²) < 4.78 is 2.07. The highest BCUT2D eigenvalue weighted by molar-refractivity contribution is 5.52. The number of nitrogens with two attached hydrogens (primary N) is 1. The number of pyridine rings is 1. The molecule has 16 heavy (non-hydrogen) atoms. The summed E-state index contributed by atoms with van der Waals surface area (Å²) >= 11 is 0. The number of hydrogen-bond donors (Lipinski definition) is 1. The summed E-state index contributed by atoms with van der Waals surface area (Å²) in [7, 11) is 2.06. The SMILES string of the molecule is CN(c1cccc2nccn12)C(C)(C)CN. The number of nitrogens with zero attached hydrogens (tertiary/aromatic N) is 3. The zero-order valence-electron chi connectivity index (χ0n) is 10.0. The lowest BCUT2D eigenvalue weighted by Gasteiger charge is -2.36. The molecular weight excluding hydrogens is 200 g/mol. The molecule has 2 N–H and O–H groups in total. The van der Waals surface area contributed by atoms with Gasteiger partial charge in [-0.3, -0.25) is 4.40 Å². The van der Waals surface area contributed by atoms with Crippen LogP contribution in [0.5, 0.6) is 0 Å². The van der Waals surface area contributed by atoms with Crippen LogP contribution in [0.1, 0.15) is 13.8 Å². The normalized spacial score (nSPS) is 12.0. The van der Waals surface area contributed by atoms with E-state index < -0.39 is 0 Å². The van der Waals surface area contributed by atoms with Gasteiger partial charge in [0.15, 0.2) is 0 Å². The van der Waals surface area contributed by atoms with Crippen LogP contribution in [0.15, 0.2) is 30.6 Å². The van der Waals surface area contributed by atoms with E-state index in [-0.39, 0.29) is 5.54 Å². The van der Waals surface area contributed by atoms with Gasteiger partial charge in [-0.1, -0.05) is 6.07 Å². The molecule has 2 heterocycles. The zero-order valence-corrected chi connectivity index (χ0v) is 10.0. The molecule has 0 spiro atoms. The van der Waals surface area contributed by atoms with Crippen molar-refractivity contribution in [1.29, 1.82) is 0 Å². The van der Waals surface area contributed by atoms with Crippen LogP contribution in [-0.4, -0.2) is 28.5 Å². The van der Waals surface area contributed by atoms with Gasteiger partial charge in [0.1, 0.15) is 11.5 Å². The number of likely N-dealkylation sites (N-methyl/N-ethyl adjacent to an activating group) is 1. The van der Waals surface area contributed by atoms with Gasteiger partial charge in [-0.15, -0.1) is 0 Å². The van der Waals surface area contributed by atoms with Gasteiger partial charge in [-0.05, 0) is 26.0 Å². The Morgan fingerprint density at radius 3 is 2.88 bits per heavy atom. The molecule has 0 aromatic carbocycles. The highest BCUT2D eigenvalue weighted by Crippen LogP contribution is 2.22. The van der Waals surface area contributed by atoms with Crippen molar-refractivity contribution in [3.63, 3.8) is 0 Å². The Labute approximate surface area is 95.7 Å². The molecule has 2 aromatic heterocycles. The molecule has 2 aromatic rings. The van der Waals surface area contributed by atoms with Crippen LogP contribution in [0.25, 0.3) is 5.65 Å². The molecule has 0 amide bonds. The molecule has 0 unspecified atom stereocenters. The summed E-state index contributed by atoms with van der Waals surface area (Å²) in [6.07, 6.45) is 3.77. The van der Waals surface area contributed by atoms with Crippen LogP contribution in [0.4, 0.5) is 5.82 Å². The molecule has 4 nitrogen and oxygen atoms in total. The number of imidazole rings is 1. The third-order valence-corrected chi connectivity index (χ3v) is 3.16. The summed E-state index contributed by atoms with van der Waals surface area (Å²) in [5.74, 6) is 1.10. The zero-order chi connectivity index (χ0) is 11.8. The lowest BCUT2D eigenvalue weighted by Crippen LogP contribution is -2.47. The van der Waals surface area contributed by atoms with Gasteiger partial charge in [0.2, 0.25) is 0 Å². The third kappa shape index (κ3) is 1.65. The van der Waals surface area contributed by atoms with E-state index in [0.29, 0.717) is 6.54 Å². The Bertz CT molecular complexity index is 486. The predicted octanol–water partition coefficient (Wildman–Crippen LogP) is 1.51. The van der Waals surface area contributed by atoms with Crippen molar-refractivity contribution < 1.29 is 0 Å². The van der Waals surface area contributed by atoms with Gasteiger partial charge in [0.05, 0.1) is 0 Å². The minimum Gasteiger partial charge on any atom is -0.354 e. The summed E-state index contributed by atoms with van der Waals surface area (Å²) in [5, 5.41) is 0. The van der Waals surface area contributed by atoms with E-state index in [1.165, 1.54) is 0 Å². The van der Waals surface area contributed by atoms with Crippen LogP contribution in [0, 0.1) is 0 Å². The van der Waals surface area contributed by atoms with Crippen molar-refractivity contribution in [3.8, 4) is 0 Å². The van der Waals surface area contributed by atoms with Crippen LogP contribution >= 0.6 is 0 Å². The van der Waals surface area contributed by atoms with Crippen molar-refractivity contribution in [2.24, 2.45) is 5.73 Å². The fourth-order valence-corrected chi connectivity index (χ4v) is 1.65. The first-order valence-corrected chi connectivity index (χ1v) is 5.42. The van der Waals surface area contributed by atoms with E-state index in [2.05, 4.69) is 41.2 Å². The Balaban J connectivity index is 2.51. The lowest BCUT2D eigenvalue weighted by molar-refractivity contribution is 0.493. The molecule has 4 heteroatoms. The van der Waals surface area contributed by atoms with E-state index in [1.807, 2.05) is 24.5 Å². The summed E-state index contributed by atoms with van der Waals surface area (Å²) in [6.45, 7) is 4.86. The second-order valence-electron chi connectivity index (χ2n) is 4.62. The average Bonchev–Trinajstić information content (AvgIpc) is 2.75. The van der Waals surface area contributed by atoms with E-state index in [0.717, 1.165) is 11.5 Å². The maximum Gasteiger partial charge on any atom is 0.138 e. The Morgan fingerprint density at radius 1 is 1.44 bits per heavy atom. The van der Waals surface area contributed by atoms with Gasteiger partial charge in [0, 0.05) is 31.5 Å². The maximum atomic E-state index is 5.80. The monoisotopic (exact) mass is 218 g/mol. The summed E-state index contributed by atoms with van der Waals surface area (Å²) in [6, 6.07) is 6.08. The van der Waals surface area contributed by atoms with Crippen molar-refractivity contribution in [2.75, 3.05) is 18.5 Å². The van der Waals surface area contributed by atoms with Crippen LogP contribution in [0.2, 0.25) is 0 Å². The topological polar surface area (TPSA) is 46.6 Å². The van der Waals surface area contributed by atoms with Crippen molar-refractivity contribution in [1.82, 2.24) is 9.38 Å². The molecule has 0 aliphatic carbocycles. The first-order valence-electron chi connectivity index (χ1n) is 5.42. The number of aromatic nitrogens is 2. The minimum absolute atomic E-state index is 0.0709. The molecule has 0 atom stereocenters. The van der Waals surface area contributed by atoms with Crippen molar-refractivity contribution in [3.05, 3.63) is 30.6 Å². The van der Waals surface area contributed by atoms with E-state index in [1.54, 1.807) is 0 Å². The van der Waals surface area contributed by atoms with Crippen LogP contribution < -0.4 is 10.6 Å². The largest absolute Gasteiger partial charge is 0.354 e.